The van der Waals surface area contributed by atoms with Crippen molar-refractivity contribution >= 4 is 18.1 Å². The van der Waals surface area contributed by atoms with Crippen LogP contribution in [0, 0.1) is 16.1 Å². The lowest BCUT2D eigenvalue weighted by atomic mass is 10.4. The Bertz CT molecular complexity index is 1000. The summed E-state index contributed by atoms with van der Waals surface area (Å²) in [5.74, 6) is -1.70. The summed E-state index contributed by atoms with van der Waals surface area (Å²) in [5, 5.41) is 25.7. The largest absolute Gasteiger partial charge is 0.491 e. The van der Waals surface area contributed by atoms with E-state index >= 15 is 0 Å². The van der Waals surface area contributed by atoms with Crippen molar-refractivity contribution in [2.75, 3.05) is 0 Å². The van der Waals surface area contributed by atoms with Crippen molar-refractivity contribution in [2.45, 2.75) is 20.1 Å². The molecule has 0 radical (unpaired) electrons. The molecule has 0 fully saturated rings. The number of nitro groups is 1. The fraction of sp³-hybridized carbons (Fsp3) is 0.231. The molecular weight excluding hydrogens is 363 g/mol. The first-order valence-electron chi connectivity index (χ1n) is 7.60. The van der Waals surface area contributed by atoms with Crippen LogP contribution in [0.15, 0.2) is 29.9 Å². The average Bonchev–Trinajstić information content (AvgIpc) is 3.36. The van der Waals surface area contributed by atoms with Crippen molar-refractivity contribution in [3.05, 3.63) is 52.1 Å². The molecule has 0 aromatic carbocycles. The van der Waals surface area contributed by atoms with Gasteiger partial charge in [-0.25, -0.2) is 14.8 Å². The molecule has 0 aliphatic heterocycles. The van der Waals surface area contributed by atoms with E-state index in [0.29, 0.717) is 6.54 Å². The highest BCUT2D eigenvalue weighted by molar-refractivity contribution is 5.92. The zero-order valence-corrected chi connectivity index (χ0v) is 13.9. The number of amides is 1. The number of nitrogens with one attached hydrogen (secondary N) is 1. The molecule has 0 saturated carbocycles. The number of rotatable bonds is 7. The second kappa shape index (κ2) is 7.51. The first kappa shape index (κ1) is 17.8. The third-order valence-corrected chi connectivity index (χ3v) is 3.32. The fourth-order valence-corrected chi connectivity index (χ4v) is 2.06. The Morgan fingerprint density at radius 1 is 1.44 bits per heavy atom. The molecule has 0 saturated heterocycles. The monoisotopic (exact) mass is 376 g/mol. The van der Waals surface area contributed by atoms with Gasteiger partial charge in [-0.2, -0.15) is 24.4 Å². The quantitative estimate of drug-likeness (QED) is 0.346. The van der Waals surface area contributed by atoms with Gasteiger partial charge in [0.2, 0.25) is 12.3 Å². The van der Waals surface area contributed by atoms with E-state index in [2.05, 4.69) is 30.8 Å². The molecule has 3 aromatic heterocycles. The highest BCUT2D eigenvalue weighted by atomic mass is 19.1. The predicted molar refractivity (Wildman–Crippen MR) is 87.2 cm³/mol. The highest BCUT2D eigenvalue weighted by Crippen LogP contribution is 2.04. The molecule has 1 amide bonds. The van der Waals surface area contributed by atoms with E-state index in [4.69, 9.17) is 0 Å². The maximum absolute atomic E-state index is 13.8. The predicted octanol–water partition coefficient (Wildman–Crippen LogP) is 0.00800. The van der Waals surface area contributed by atoms with Crippen LogP contribution in [0.1, 0.15) is 23.0 Å². The first-order chi connectivity index (χ1) is 13.0. The summed E-state index contributed by atoms with van der Waals surface area (Å²) in [6.07, 6.45) is 5.09. The lowest BCUT2D eigenvalue weighted by molar-refractivity contribution is -0.394. The Morgan fingerprint density at radius 3 is 2.93 bits per heavy atom. The Labute approximate surface area is 150 Å². The van der Waals surface area contributed by atoms with Gasteiger partial charge >= 0.3 is 5.95 Å². The molecule has 13 nitrogen and oxygen atoms in total. The van der Waals surface area contributed by atoms with Crippen LogP contribution in [-0.4, -0.2) is 51.4 Å². The van der Waals surface area contributed by atoms with E-state index in [0.717, 1.165) is 10.9 Å². The van der Waals surface area contributed by atoms with Gasteiger partial charge in [-0.3, -0.25) is 4.79 Å². The van der Waals surface area contributed by atoms with Gasteiger partial charge in [0.25, 0.3) is 5.91 Å². The van der Waals surface area contributed by atoms with Crippen LogP contribution in [-0.2, 0) is 13.2 Å². The van der Waals surface area contributed by atoms with E-state index < -0.39 is 22.7 Å². The van der Waals surface area contributed by atoms with Gasteiger partial charge in [-0.1, -0.05) is 4.98 Å². The number of aryl methyl sites for hydroxylation is 1. The van der Waals surface area contributed by atoms with Crippen molar-refractivity contribution in [1.82, 2.24) is 39.8 Å². The lowest BCUT2D eigenvalue weighted by Crippen LogP contribution is -2.19. The van der Waals surface area contributed by atoms with E-state index in [-0.39, 0.29) is 17.9 Å². The van der Waals surface area contributed by atoms with Crippen LogP contribution >= 0.6 is 0 Å². The Hall–Kier alpha value is -3.97. The van der Waals surface area contributed by atoms with Gasteiger partial charge in [-0.15, -0.1) is 0 Å². The Morgan fingerprint density at radius 2 is 2.26 bits per heavy atom. The standard InChI is InChI=1S/C13H13FN10O3/c1-2-23-11(14)9(6-17-23)5-16-18-12(25)10-3-4-21(19-10)8-22-7-15-13(20-22)24(26)27/h3-7H,2,8H2,1H3,(H,18,25). The second-order valence-corrected chi connectivity index (χ2v) is 5.13. The minimum Gasteiger partial charge on any atom is -0.390 e. The average molecular weight is 376 g/mol. The van der Waals surface area contributed by atoms with Crippen molar-refractivity contribution in [3.63, 3.8) is 0 Å². The van der Waals surface area contributed by atoms with E-state index in [1.807, 2.05) is 0 Å². The summed E-state index contributed by atoms with van der Waals surface area (Å²) in [7, 11) is 0. The minimum atomic E-state index is -0.719. The number of hydrogen-bond acceptors (Lipinski definition) is 8. The van der Waals surface area contributed by atoms with Gasteiger partial charge in [0.05, 0.1) is 18.0 Å². The number of carbonyl (C=O) groups is 1. The third-order valence-electron chi connectivity index (χ3n) is 3.32. The van der Waals surface area contributed by atoms with Crippen LogP contribution in [0.25, 0.3) is 0 Å². The summed E-state index contributed by atoms with van der Waals surface area (Å²) >= 11 is 0. The van der Waals surface area contributed by atoms with Crippen molar-refractivity contribution in [3.8, 4) is 0 Å². The maximum Gasteiger partial charge on any atom is 0.491 e. The number of nitrogens with zero attached hydrogens (tertiary/aromatic N) is 9. The Kier molecular flexibility index (Phi) is 4.96. The molecular formula is C13H13FN10O3. The van der Waals surface area contributed by atoms with Gasteiger partial charge in [-0.05, 0) is 17.9 Å². The van der Waals surface area contributed by atoms with Crippen molar-refractivity contribution in [1.29, 1.82) is 0 Å². The molecule has 0 spiro atoms. The van der Waals surface area contributed by atoms with Gasteiger partial charge < -0.3 is 10.1 Å². The number of halogens is 1. The summed E-state index contributed by atoms with van der Waals surface area (Å²) in [6.45, 7) is 2.14. The topological polar surface area (TPSA) is 151 Å². The molecule has 3 rings (SSSR count). The zero-order chi connectivity index (χ0) is 19.4. The van der Waals surface area contributed by atoms with Crippen LogP contribution in [0.4, 0.5) is 10.3 Å². The second-order valence-electron chi connectivity index (χ2n) is 5.13. The molecule has 0 aliphatic carbocycles. The van der Waals surface area contributed by atoms with Gasteiger partial charge in [0.1, 0.15) is 0 Å². The smallest absolute Gasteiger partial charge is 0.390 e. The Balaban J connectivity index is 1.60. The van der Waals surface area contributed by atoms with Gasteiger partial charge in [0, 0.05) is 17.8 Å². The molecule has 140 valence electrons. The maximum atomic E-state index is 13.8. The normalized spacial score (nSPS) is 11.2. The summed E-state index contributed by atoms with van der Waals surface area (Å²) in [5.41, 5.74) is 2.41. The van der Waals surface area contributed by atoms with E-state index in [1.165, 1.54) is 34.2 Å². The molecule has 0 atom stereocenters. The number of hydrazone groups is 1. The van der Waals surface area contributed by atoms with Crippen LogP contribution in [0.5, 0.6) is 0 Å². The molecule has 0 aliphatic rings. The fourth-order valence-electron chi connectivity index (χ4n) is 2.06. The SMILES string of the molecule is CCn1ncc(C=NNC(=O)c2ccn(Cn3cnc([N+](=O)[O-])n3)n2)c1F. The van der Waals surface area contributed by atoms with E-state index in [9.17, 15) is 19.3 Å². The minimum absolute atomic E-state index is 0.0266. The van der Waals surface area contributed by atoms with Gasteiger partial charge in [0.15, 0.2) is 12.4 Å². The third kappa shape index (κ3) is 4.00. The van der Waals surface area contributed by atoms with Crippen LogP contribution < -0.4 is 5.43 Å². The van der Waals surface area contributed by atoms with E-state index in [1.54, 1.807) is 6.92 Å². The summed E-state index contributed by atoms with van der Waals surface area (Å²) in [6, 6.07) is 1.42. The highest BCUT2D eigenvalue weighted by Gasteiger charge is 2.14. The summed E-state index contributed by atoms with van der Waals surface area (Å²) < 4.78 is 17.4. The van der Waals surface area contributed by atoms with Crippen LogP contribution in [0.3, 0.4) is 0 Å². The number of carbonyl (C=O) groups excluding carboxylic acids is 1. The molecule has 1 N–H and O–H groups in total. The number of hydrogen-bond donors (Lipinski definition) is 1. The molecule has 3 heterocycles. The zero-order valence-electron chi connectivity index (χ0n) is 13.9. The van der Waals surface area contributed by atoms with Crippen LogP contribution in [0.2, 0.25) is 0 Å². The molecule has 14 heteroatoms. The number of aromatic nitrogens is 7. The van der Waals surface area contributed by atoms with Crippen molar-refractivity contribution < 1.29 is 14.1 Å². The molecule has 0 unspecified atom stereocenters. The molecule has 3 aromatic rings. The van der Waals surface area contributed by atoms with Crippen molar-refractivity contribution in [2.24, 2.45) is 5.10 Å². The molecule has 0 bridgehead atoms. The lowest BCUT2D eigenvalue weighted by Gasteiger charge is -1.98. The first-order valence-corrected chi connectivity index (χ1v) is 7.60. The molecule has 27 heavy (non-hydrogen) atoms. The summed E-state index contributed by atoms with van der Waals surface area (Å²) in [4.78, 5) is 25.3.